The van der Waals surface area contributed by atoms with E-state index in [1.165, 1.54) is 4.88 Å². The molecule has 0 radical (unpaired) electrons. The Morgan fingerprint density at radius 1 is 1.14 bits per heavy atom. The summed E-state index contributed by atoms with van der Waals surface area (Å²) in [6.45, 7) is 4.87. The number of methoxy groups -OCH3 is 1. The molecule has 0 unspecified atom stereocenters. The van der Waals surface area contributed by atoms with Crippen LogP contribution in [0.25, 0.3) is 11.1 Å². The highest BCUT2D eigenvalue weighted by Crippen LogP contribution is 2.47. The van der Waals surface area contributed by atoms with Gasteiger partial charge in [-0.2, -0.15) is 0 Å². The van der Waals surface area contributed by atoms with Crippen molar-refractivity contribution in [1.29, 1.82) is 0 Å². The normalized spacial score (nSPS) is 15.7. The molecule has 0 fully saturated rings. The number of hydrogen-bond donors (Lipinski definition) is 1. The number of rotatable bonds is 6. The Morgan fingerprint density at radius 3 is 2.66 bits per heavy atom. The minimum atomic E-state index is 0.00857. The first-order valence-electron chi connectivity index (χ1n) is 9.84. The lowest BCUT2D eigenvalue weighted by atomic mass is 9.89. The number of fused-ring (bicyclic) bond motifs is 1. The Bertz CT molecular complexity index is 1010. The van der Waals surface area contributed by atoms with Gasteiger partial charge in [-0.05, 0) is 29.2 Å². The van der Waals surface area contributed by atoms with Crippen LogP contribution in [0.5, 0.6) is 11.5 Å². The lowest BCUT2D eigenvalue weighted by molar-refractivity contribution is -0.116. The molecule has 2 heterocycles. The number of benzene rings is 2. The highest BCUT2D eigenvalue weighted by atomic mass is 32.1. The molecule has 1 aromatic heterocycles. The molecule has 0 bridgehead atoms. The van der Waals surface area contributed by atoms with Crippen LogP contribution < -0.4 is 14.8 Å². The number of thiophene rings is 1. The number of hydrogen-bond acceptors (Lipinski definition) is 4. The minimum Gasteiger partial charge on any atom is -0.493 e. The average molecular weight is 408 g/mol. The quantitative estimate of drug-likeness (QED) is 0.551. The summed E-state index contributed by atoms with van der Waals surface area (Å²) in [6.07, 6.45) is 0.428. The zero-order chi connectivity index (χ0) is 20.4. The largest absolute Gasteiger partial charge is 0.493 e. The second-order valence-electron chi connectivity index (χ2n) is 7.67. The Labute approximate surface area is 175 Å². The van der Waals surface area contributed by atoms with E-state index in [4.69, 9.17) is 9.47 Å². The standard InChI is InChI=1S/C24H25NO3S/c1-15(2)13-28-20-10-9-17(11-21(20)27-3)18-12-22(26)25-23-19(14-29-24(18)23)16-7-5-4-6-8-16/h4-11,14-15,18H,12-13H2,1-3H3,(H,25,26)/t18-/m0/s1. The summed E-state index contributed by atoms with van der Waals surface area (Å²) < 4.78 is 11.5. The SMILES string of the molecule is COc1cc([C@@H]2CC(=O)Nc3c(-c4ccccc4)csc32)ccc1OCC(C)C. The lowest BCUT2D eigenvalue weighted by Gasteiger charge is -2.24. The van der Waals surface area contributed by atoms with Crippen molar-refractivity contribution in [2.75, 3.05) is 19.0 Å². The summed E-state index contributed by atoms with van der Waals surface area (Å²) in [4.78, 5) is 13.7. The zero-order valence-electron chi connectivity index (χ0n) is 16.9. The first-order valence-corrected chi connectivity index (χ1v) is 10.7. The molecule has 2 aromatic carbocycles. The summed E-state index contributed by atoms with van der Waals surface area (Å²) in [5, 5.41) is 5.23. The Morgan fingerprint density at radius 2 is 1.93 bits per heavy atom. The molecule has 29 heavy (non-hydrogen) atoms. The number of nitrogens with one attached hydrogen (secondary N) is 1. The minimum absolute atomic E-state index is 0.00857. The van der Waals surface area contributed by atoms with E-state index in [2.05, 4.69) is 36.7 Å². The van der Waals surface area contributed by atoms with Gasteiger partial charge >= 0.3 is 0 Å². The fourth-order valence-electron chi connectivity index (χ4n) is 3.60. The van der Waals surface area contributed by atoms with Gasteiger partial charge < -0.3 is 14.8 Å². The second-order valence-corrected chi connectivity index (χ2v) is 8.59. The summed E-state index contributed by atoms with van der Waals surface area (Å²) in [5.74, 6) is 1.93. The molecule has 4 rings (SSSR count). The van der Waals surface area contributed by atoms with Crippen LogP contribution in [0.2, 0.25) is 0 Å². The van der Waals surface area contributed by atoms with Crippen LogP contribution in [0.4, 0.5) is 5.69 Å². The molecule has 0 aliphatic carbocycles. The fraction of sp³-hybridized carbons (Fsp3) is 0.292. The van der Waals surface area contributed by atoms with Gasteiger partial charge in [-0.3, -0.25) is 4.79 Å². The fourth-order valence-corrected chi connectivity index (χ4v) is 4.76. The molecule has 1 N–H and O–H groups in total. The predicted octanol–water partition coefficient (Wildman–Crippen LogP) is 5.93. The molecule has 3 aromatic rings. The van der Waals surface area contributed by atoms with Crippen molar-refractivity contribution < 1.29 is 14.3 Å². The van der Waals surface area contributed by atoms with Crippen molar-refractivity contribution in [3.63, 3.8) is 0 Å². The first kappa shape index (κ1) is 19.5. The molecule has 150 valence electrons. The Balaban J connectivity index is 1.70. The van der Waals surface area contributed by atoms with Crippen molar-refractivity contribution >= 4 is 22.9 Å². The molecule has 1 aliphatic rings. The molecular weight excluding hydrogens is 382 g/mol. The van der Waals surface area contributed by atoms with Gasteiger partial charge in [0.1, 0.15) is 0 Å². The van der Waals surface area contributed by atoms with Crippen LogP contribution in [0, 0.1) is 5.92 Å². The number of carbonyl (C=O) groups is 1. The highest BCUT2D eigenvalue weighted by molar-refractivity contribution is 7.11. The van der Waals surface area contributed by atoms with Crippen LogP contribution in [0.1, 0.15) is 36.6 Å². The van der Waals surface area contributed by atoms with E-state index in [0.717, 1.165) is 28.1 Å². The summed E-state index contributed by atoms with van der Waals surface area (Å²) >= 11 is 1.70. The van der Waals surface area contributed by atoms with Gasteiger partial charge in [0.25, 0.3) is 0 Å². The Kier molecular flexibility index (Phi) is 5.58. The average Bonchev–Trinajstić information content (AvgIpc) is 3.15. The molecular formula is C24H25NO3S. The van der Waals surface area contributed by atoms with E-state index in [1.54, 1.807) is 18.4 Å². The van der Waals surface area contributed by atoms with Gasteiger partial charge in [0.2, 0.25) is 5.91 Å². The van der Waals surface area contributed by atoms with Crippen molar-refractivity contribution in [1.82, 2.24) is 0 Å². The van der Waals surface area contributed by atoms with Gasteiger partial charge in [0.05, 0.1) is 19.4 Å². The van der Waals surface area contributed by atoms with Crippen LogP contribution in [-0.2, 0) is 4.79 Å². The molecule has 0 saturated heterocycles. The summed E-state index contributed by atoms with van der Waals surface area (Å²) in [7, 11) is 1.65. The molecule has 0 spiro atoms. The second kappa shape index (κ2) is 8.29. The maximum absolute atomic E-state index is 12.5. The topological polar surface area (TPSA) is 47.6 Å². The van der Waals surface area contributed by atoms with Crippen LogP contribution in [-0.4, -0.2) is 19.6 Å². The van der Waals surface area contributed by atoms with Crippen molar-refractivity contribution in [3.05, 3.63) is 64.4 Å². The number of carbonyl (C=O) groups excluding carboxylic acids is 1. The third-order valence-electron chi connectivity index (χ3n) is 5.04. The highest BCUT2D eigenvalue weighted by Gasteiger charge is 2.31. The smallest absolute Gasteiger partial charge is 0.225 e. The van der Waals surface area contributed by atoms with Crippen molar-refractivity contribution in [2.45, 2.75) is 26.2 Å². The predicted molar refractivity (Wildman–Crippen MR) is 118 cm³/mol. The molecule has 1 amide bonds. The Hall–Kier alpha value is -2.79. The van der Waals surface area contributed by atoms with Gasteiger partial charge in [0, 0.05) is 28.2 Å². The van der Waals surface area contributed by atoms with Gasteiger partial charge in [0.15, 0.2) is 11.5 Å². The third kappa shape index (κ3) is 4.01. The number of amides is 1. The van der Waals surface area contributed by atoms with E-state index in [-0.39, 0.29) is 11.8 Å². The van der Waals surface area contributed by atoms with Gasteiger partial charge in [-0.25, -0.2) is 0 Å². The monoisotopic (exact) mass is 407 g/mol. The maximum atomic E-state index is 12.5. The molecule has 4 nitrogen and oxygen atoms in total. The van der Waals surface area contributed by atoms with E-state index >= 15 is 0 Å². The molecule has 1 atom stereocenters. The van der Waals surface area contributed by atoms with Crippen LogP contribution in [0.15, 0.2) is 53.9 Å². The number of anilines is 1. The van der Waals surface area contributed by atoms with Crippen LogP contribution >= 0.6 is 11.3 Å². The lowest BCUT2D eigenvalue weighted by Crippen LogP contribution is -2.22. The van der Waals surface area contributed by atoms with E-state index in [0.29, 0.717) is 24.7 Å². The summed E-state index contributed by atoms with van der Waals surface area (Å²) in [6, 6.07) is 16.2. The van der Waals surface area contributed by atoms with Crippen LogP contribution in [0.3, 0.4) is 0 Å². The molecule has 0 saturated carbocycles. The number of ether oxygens (including phenoxy) is 2. The van der Waals surface area contributed by atoms with Gasteiger partial charge in [-0.15, -0.1) is 11.3 Å². The van der Waals surface area contributed by atoms with Crippen molar-refractivity contribution in [2.24, 2.45) is 5.92 Å². The third-order valence-corrected chi connectivity index (χ3v) is 6.13. The summed E-state index contributed by atoms with van der Waals surface area (Å²) in [5.41, 5.74) is 4.19. The van der Waals surface area contributed by atoms with Gasteiger partial charge in [-0.1, -0.05) is 50.2 Å². The van der Waals surface area contributed by atoms with E-state index < -0.39 is 0 Å². The molecule has 1 aliphatic heterocycles. The zero-order valence-corrected chi connectivity index (χ0v) is 17.7. The van der Waals surface area contributed by atoms with E-state index in [9.17, 15) is 4.79 Å². The molecule has 5 heteroatoms. The van der Waals surface area contributed by atoms with Crippen molar-refractivity contribution in [3.8, 4) is 22.6 Å². The maximum Gasteiger partial charge on any atom is 0.225 e. The van der Waals surface area contributed by atoms with E-state index in [1.807, 2.05) is 36.4 Å². The first-order chi connectivity index (χ1) is 14.1.